The number of H-pyrrole nitrogens is 2. The Morgan fingerprint density at radius 1 is 1.32 bits per heavy atom. The zero-order valence-electron chi connectivity index (χ0n) is 13.5. The maximum Gasteiger partial charge on any atom is 0.322 e. The van der Waals surface area contributed by atoms with E-state index in [1.165, 1.54) is 30.3 Å². The van der Waals surface area contributed by atoms with Crippen LogP contribution in [-0.2, 0) is 9.53 Å². The summed E-state index contributed by atoms with van der Waals surface area (Å²) < 4.78 is 18.9. The van der Waals surface area contributed by atoms with E-state index in [1.54, 1.807) is 6.07 Å². The van der Waals surface area contributed by atoms with Gasteiger partial charge >= 0.3 is 11.1 Å². The summed E-state index contributed by atoms with van der Waals surface area (Å²) in [4.78, 5) is 18.2. The summed E-state index contributed by atoms with van der Waals surface area (Å²) in [5.41, 5.74) is 2.00. The number of hydrogen-bond donors (Lipinski definition) is 1. The molecule has 0 atom stereocenters. The van der Waals surface area contributed by atoms with Crippen molar-refractivity contribution in [2.24, 2.45) is 0 Å². The van der Waals surface area contributed by atoms with E-state index in [0.717, 1.165) is 31.2 Å². The Hall–Kier alpha value is -2.22. The highest BCUT2D eigenvalue weighted by Gasteiger charge is 2.20. The number of thioether (sulfide) groups is 1. The van der Waals surface area contributed by atoms with Gasteiger partial charge in [0, 0.05) is 5.10 Å². The van der Waals surface area contributed by atoms with Gasteiger partial charge in [-0.25, -0.2) is 9.37 Å². The minimum atomic E-state index is -0.320. The maximum atomic E-state index is 13.4. The van der Waals surface area contributed by atoms with Gasteiger partial charge in [-0.05, 0) is 55.6 Å². The molecule has 1 aromatic carbocycles. The molecule has 1 aliphatic rings. The molecule has 2 N–H and O–H groups in total. The second-order valence-corrected chi connectivity index (χ2v) is 7.17. The van der Waals surface area contributed by atoms with Crippen molar-refractivity contribution in [3.63, 3.8) is 0 Å². The summed E-state index contributed by atoms with van der Waals surface area (Å²) in [5.74, 6) is -0.368. The topological polar surface area (TPSA) is 82.0 Å². The Labute approximate surface area is 147 Å². The van der Waals surface area contributed by atoms with Gasteiger partial charge in [0.15, 0.2) is 5.52 Å². The van der Waals surface area contributed by atoms with Crippen LogP contribution in [0.15, 0.2) is 23.4 Å². The highest BCUT2D eigenvalue weighted by molar-refractivity contribution is 7.99. The third-order valence-corrected chi connectivity index (χ3v) is 5.22. The van der Waals surface area contributed by atoms with E-state index in [0.29, 0.717) is 21.7 Å². The quantitative estimate of drug-likeness (QED) is 0.570. The van der Waals surface area contributed by atoms with Crippen LogP contribution in [-0.4, -0.2) is 33.0 Å². The molecule has 6 nitrogen and oxygen atoms in total. The van der Waals surface area contributed by atoms with Gasteiger partial charge in [-0.2, -0.15) is 0 Å². The van der Waals surface area contributed by atoms with Gasteiger partial charge in [0.05, 0.1) is 5.39 Å². The van der Waals surface area contributed by atoms with Crippen LogP contribution in [0.3, 0.4) is 0 Å². The highest BCUT2D eigenvalue weighted by Crippen LogP contribution is 2.23. The molecular formula is C17H18FN4O2S+. The molecule has 25 heavy (non-hydrogen) atoms. The Kier molecular flexibility index (Phi) is 4.52. The number of nitrogens with zero attached hydrogens (tertiary/aromatic N) is 2. The predicted molar refractivity (Wildman–Crippen MR) is 91.6 cm³/mol. The first kappa shape index (κ1) is 16.3. The molecule has 0 saturated heterocycles. The number of carbonyl (C=O) groups is 1. The lowest BCUT2D eigenvalue weighted by Gasteiger charge is -2.21. The van der Waals surface area contributed by atoms with Gasteiger partial charge in [0.25, 0.3) is 5.65 Å². The standard InChI is InChI=1S/C17H17FN4O2S/c18-10-6-7-13-12(8-10)15-16(19-13)20-17(22-21-15)25-9-14(23)24-11-4-2-1-3-5-11/h6-8,11H,1-5,9H2,(H,19,20,22)/p+1. The van der Waals surface area contributed by atoms with Crippen LogP contribution in [0, 0.1) is 5.82 Å². The van der Waals surface area contributed by atoms with E-state index in [9.17, 15) is 9.18 Å². The van der Waals surface area contributed by atoms with Gasteiger partial charge in [-0.15, -0.1) is 0 Å². The summed E-state index contributed by atoms with van der Waals surface area (Å²) >= 11 is 1.25. The number of aromatic nitrogens is 4. The summed E-state index contributed by atoms with van der Waals surface area (Å²) in [6.07, 6.45) is 5.45. The fraction of sp³-hybridized carbons (Fsp3) is 0.412. The molecule has 130 valence electrons. The van der Waals surface area contributed by atoms with Crippen molar-refractivity contribution in [2.75, 3.05) is 5.75 Å². The highest BCUT2D eigenvalue weighted by atomic mass is 32.2. The molecule has 8 heteroatoms. The number of halogens is 1. The van der Waals surface area contributed by atoms with Crippen molar-refractivity contribution >= 4 is 39.8 Å². The molecule has 2 heterocycles. The molecule has 0 aliphatic heterocycles. The Balaban J connectivity index is 1.44. The second-order valence-electron chi connectivity index (χ2n) is 6.21. The third kappa shape index (κ3) is 3.58. The number of carbonyl (C=O) groups excluding carboxylic acids is 1. The maximum absolute atomic E-state index is 13.4. The molecule has 1 aliphatic carbocycles. The number of esters is 1. The summed E-state index contributed by atoms with van der Waals surface area (Å²) in [5, 5.41) is 9.42. The number of ether oxygens (including phenoxy) is 1. The average molecular weight is 361 g/mol. The van der Waals surface area contributed by atoms with E-state index < -0.39 is 0 Å². The second kappa shape index (κ2) is 6.95. The van der Waals surface area contributed by atoms with Crippen LogP contribution in [0.5, 0.6) is 0 Å². The molecule has 0 spiro atoms. The zero-order chi connectivity index (χ0) is 17.2. The van der Waals surface area contributed by atoms with Crippen molar-refractivity contribution < 1.29 is 18.9 Å². The lowest BCUT2D eigenvalue weighted by molar-refractivity contribution is -0.406. The fourth-order valence-electron chi connectivity index (χ4n) is 3.17. The monoisotopic (exact) mass is 361 g/mol. The van der Waals surface area contributed by atoms with Crippen molar-refractivity contribution in [3.05, 3.63) is 24.0 Å². The smallest absolute Gasteiger partial charge is 0.322 e. The van der Waals surface area contributed by atoms with Crippen LogP contribution in [0.25, 0.3) is 22.1 Å². The van der Waals surface area contributed by atoms with E-state index in [-0.39, 0.29) is 23.6 Å². The third-order valence-electron chi connectivity index (χ3n) is 4.38. The van der Waals surface area contributed by atoms with Crippen LogP contribution in [0.2, 0.25) is 0 Å². The van der Waals surface area contributed by atoms with Gasteiger partial charge in [0.1, 0.15) is 23.2 Å². The number of benzene rings is 1. The van der Waals surface area contributed by atoms with E-state index in [1.807, 2.05) is 0 Å². The molecule has 0 bridgehead atoms. The number of fused-ring (bicyclic) bond motifs is 3. The minimum Gasteiger partial charge on any atom is -0.462 e. The number of rotatable bonds is 4. The van der Waals surface area contributed by atoms with Crippen molar-refractivity contribution in [2.45, 2.75) is 43.4 Å². The molecule has 1 saturated carbocycles. The Morgan fingerprint density at radius 3 is 3.00 bits per heavy atom. The Bertz CT molecular complexity index is 924. The SMILES string of the molecule is O=C(CSc1nnc2c([nH]c3ccc(F)cc32)[nH+]1)OC1CCCCC1. The molecule has 1 fully saturated rings. The van der Waals surface area contributed by atoms with Crippen LogP contribution >= 0.6 is 11.8 Å². The summed E-state index contributed by atoms with van der Waals surface area (Å²) in [6.45, 7) is 0. The lowest BCUT2D eigenvalue weighted by atomic mass is 9.98. The molecule has 3 aromatic rings. The zero-order valence-corrected chi connectivity index (χ0v) is 14.4. The van der Waals surface area contributed by atoms with Gasteiger partial charge < -0.3 is 4.74 Å². The largest absolute Gasteiger partial charge is 0.462 e. The molecule has 0 radical (unpaired) electrons. The molecule has 0 amide bonds. The first-order chi connectivity index (χ1) is 12.2. The fourth-order valence-corrected chi connectivity index (χ4v) is 3.76. The van der Waals surface area contributed by atoms with E-state index in [4.69, 9.17) is 4.74 Å². The first-order valence-electron chi connectivity index (χ1n) is 8.38. The normalized spacial score (nSPS) is 15.7. The number of hydrogen-bond acceptors (Lipinski definition) is 5. The Morgan fingerprint density at radius 2 is 2.16 bits per heavy atom. The van der Waals surface area contributed by atoms with Crippen LogP contribution < -0.4 is 4.98 Å². The van der Waals surface area contributed by atoms with Crippen molar-refractivity contribution in [1.29, 1.82) is 0 Å². The van der Waals surface area contributed by atoms with Crippen LogP contribution in [0.1, 0.15) is 32.1 Å². The van der Waals surface area contributed by atoms with Crippen molar-refractivity contribution in [3.8, 4) is 0 Å². The molecule has 2 aromatic heterocycles. The molecule has 0 unspecified atom stereocenters. The molecule has 4 rings (SSSR count). The number of nitrogens with one attached hydrogen (secondary N) is 2. The van der Waals surface area contributed by atoms with E-state index >= 15 is 0 Å². The molecular weight excluding hydrogens is 343 g/mol. The first-order valence-corrected chi connectivity index (χ1v) is 9.37. The summed E-state index contributed by atoms with van der Waals surface area (Å²) in [7, 11) is 0. The van der Waals surface area contributed by atoms with E-state index in [2.05, 4.69) is 20.2 Å². The average Bonchev–Trinajstić information content (AvgIpc) is 2.98. The van der Waals surface area contributed by atoms with Gasteiger partial charge in [-0.3, -0.25) is 9.78 Å². The van der Waals surface area contributed by atoms with Gasteiger partial charge in [-0.1, -0.05) is 11.5 Å². The number of aromatic amines is 2. The van der Waals surface area contributed by atoms with Crippen molar-refractivity contribution in [1.82, 2.24) is 15.2 Å². The van der Waals surface area contributed by atoms with Crippen LogP contribution in [0.4, 0.5) is 4.39 Å². The predicted octanol–water partition coefficient (Wildman–Crippen LogP) is 3.03. The lowest BCUT2D eigenvalue weighted by Crippen LogP contribution is -2.22. The summed E-state index contributed by atoms with van der Waals surface area (Å²) in [6, 6.07) is 4.47. The minimum absolute atomic E-state index is 0.0583. The van der Waals surface area contributed by atoms with Gasteiger partial charge in [0.2, 0.25) is 0 Å².